The summed E-state index contributed by atoms with van der Waals surface area (Å²) in [4.78, 5) is 12.2. The summed E-state index contributed by atoms with van der Waals surface area (Å²) in [5, 5.41) is 2.84. The lowest BCUT2D eigenvalue weighted by molar-refractivity contribution is -0.123. The molecule has 0 saturated heterocycles. The summed E-state index contributed by atoms with van der Waals surface area (Å²) in [6, 6.07) is 7.63. The van der Waals surface area contributed by atoms with Crippen molar-refractivity contribution < 1.29 is 23.7 Å². The van der Waals surface area contributed by atoms with E-state index in [2.05, 4.69) is 11.4 Å². The zero-order chi connectivity index (χ0) is 20.0. The molecule has 0 atom stereocenters. The standard InChI is InChI=1S/C21H27NO5/c1-13-7-14(2)15(3)17(8-13)27-12-20(23)22-11-16-9-18(24-4)21(26-6)19(10-16)25-5/h7-10H,11-12H2,1-6H3,(H,22,23). The van der Waals surface area contributed by atoms with Crippen LogP contribution in [0.3, 0.4) is 0 Å². The van der Waals surface area contributed by atoms with Crippen LogP contribution < -0.4 is 24.3 Å². The van der Waals surface area contributed by atoms with E-state index in [1.807, 2.05) is 26.8 Å². The highest BCUT2D eigenvalue weighted by Crippen LogP contribution is 2.38. The maximum atomic E-state index is 12.2. The third-order valence-electron chi connectivity index (χ3n) is 4.34. The molecule has 0 bridgehead atoms. The minimum absolute atomic E-state index is 0.0475. The minimum atomic E-state index is -0.206. The van der Waals surface area contributed by atoms with E-state index >= 15 is 0 Å². The second kappa shape index (κ2) is 9.16. The lowest BCUT2D eigenvalue weighted by atomic mass is 10.1. The smallest absolute Gasteiger partial charge is 0.258 e. The number of rotatable bonds is 8. The Balaban J connectivity index is 2.00. The minimum Gasteiger partial charge on any atom is -0.493 e. The monoisotopic (exact) mass is 373 g/mol. The van der Waals surface area contributed by atoms with Crippen molar-refractivity contribution in [3.63, 3.8) is 0 Å². The molecule has 0 aliphatic carbocycles. The normalized spacial score (nSPS) is 10.3. The number of hydrogen-bond acceptors (Lipinski definition) is 5. The van der Waals surface area contributed by atoms with Crippen molar-refractivity contribution in [2.45, 2.75) is 27.3 Å². The van der Waals surface area contributed by atoms with Gasteiger partial charge in [0.15, 0.2) is 18.1 Å². The van der Waals surface area contributed by atoms with Crippen molar-refractivity contribution in [1.29, 1.82) is 0 Å². The van der Waals surface area contributed by atoms with Crippen molar-refractivity contribution in [3.8, 4) is 23.0 Å². The second-order valence-corrected chi connectivity index (χ2v) is 6.30. The highest BCUT2D eigenvalue weighted by molar-refractivity contribution is 5.77. The number of ether oxygens (including phenoxy) is 4. The van der Waals surface area contributed by atoms with Crippen molar-refractivity contribution in [2.24, 2.45) is 0 Å². The van der Waals surface area contributed by atoms with Crippen LogP contribution in [0.2, 0.25) is 0 Å². The summed E-state index contributed by atoms with van der Waals surface area (Å²) in [7, 11) is 4.66. The Hall–Kier alpha value is -2.89. The fourth-order valence-electron chi connectivity index (χ4n) is 2.78. The Bertz CT molecular complexity index is 791. The first-order valence-corrected chi connectivity index (χ1v) is 8.65. The van der Waals surface area contributed by atoms with Gasteiger partial charge in [-0.15, -0.1) is 0 Å². The molecule has 0 heterocycles. The molecule has 0 aliphatic heterocycles. The summed E-state index contributed by atoms with van der Waals surface area (Å²) in [5.41, 5.74) is 4.12. The molecule has 0 aliphatic rings. The van der Waals surface area contributed by atoms with Crippen LogP contribution in [-0.4, -0.2) is 33.8 Å². The number of amides is 1. The highest BCUT2D eigenvalue weighted by Gasteiger charge is 2.14. The summed E-state index contributed by atoms with van der Waals surface area (Å²) < 4.78 is 21.6. The Morgan fingerprint density at radius 3 is 2.07 bits per heavy atom. The molecule has 0 aromatic heterocycles. The summed E-state index contributed by atoms with van der Waals surface area (Å²) >= 11 is 0. The van der Waals surface area contributed by atoms with Gasteiger partial charge in [-0.25, -0.2) is 0 Å². The van der Waals surface area contributed by atoms with Crippen molar-refractivity contribution >= 4 is 5.91 Å². The summed E-state index contributed by atoms with van der Waals surface area (Å²) in [6.07, 6.45) is 0. The number of methoxy groups -OCH3 is 3. The Morgan fingerprint density at radius 2 is 1.52 bits per heavy atom. The third-order valence-corrected chi connectivity index (χ3v) is 4.34. The molecule has 0 fully saturated rings. The van der Waals surface area contributed by atoms with Crippen LogP contribution in [0, 0.1) is 20.8 Å². The molecule has 27 heavy (non-hydrogen) atoms. The number of carbonyl (C=O) groups excluding carboxylic acids is 1. The first-order chi connectivity index (χ1) is 12.9. The van der Waals surface area contributed by atoms with Gasteiger partial charge < -0.3 is 24.3 Å². The molecule has 2 aromatic rings. The predicted octanol–water partition coefficient (Wildman–Crippen LogP) is 3.33. The number of aryl methyl sites for hydroxylation is 2. The first kappa shape index (κ1) is 20.4. The van der Waals surface area contributed by atoms with Crippen molar-refractivity contribution in [1.82, 2.24) is 5.32 Å². The molecule has 2 rings (SSSR count). The molecule has 0 saturated carbocycles. The first-order valence-electron chi connectivity index (χ1n) is 8.65. The molecule has 0 spiro atoms. The third kappa shape index (κ3) is 5.06. The van der Waals surface area contributed by atoms with Crippen LogP contribution in [0.4, 0.5) is 0 Å². The van der Waals surface area contributed by atoms with Crippen molar-refractivity contribution in [2.75, 3.05) is 27.9 Å². The number of benzene rings is 2. The van der Waals surface area contributed by atoms with Gasteiger partial charge in [-0.2, -0.15) is 0 Å². The van der Waals surface area contributed by atoms with E-state index in [0.29, 0.717) is 23.8 Å². The molecular formula is C21H27NO5. The fourth-order valence-corrected chi connectivity index (χ4v) is 2.78. The van der Waals surface area contributed by atoms with Gasteiger partial charge in [-0.1, -0.05) is 6.07 Å². The van der Waals surface area contributed by atoms with Crippen LogP contribution in [-0.2, 0) is 11.3 Å². The Morgan fingerprint density at radius 1 is 0.889 bits per heavy atom. The maximum Gasteiger partial charge on any atom is 0.258 e. The molecule has 1 N–H and O–H groups in total. The van der Waals surface area contributed by atoms with E-state index in [9.17, 15) is 4.79 Å². The van der Waals surface area contributed by atoms with Crippen LogP contribution >= 0.6 is 0 Å². The zero-order valence-electron chi connectivity index (χ0n) is 16.8. The van der Waals surface area contributed by atoms with Gasteiger partial charge in [0.05, 0.1) is 21.3 Å². The van der Waals surface area contributed by atoms with Crippen LogP contribution in [0.1, 0.15) is 22.3 Å². The van der Waals surface area contributed by atoms with Gasteiger partial charge >= 0.3 is 0 Å². The lowest BCUT2D eigenvalue weighted by Crippen LogP contribution is -2.28. The van der Waals surface area contributed by atoms with E-state index in [0.717, 1.165) is 28.0 Å². The van der Waals surface area contributed by atoms with Gasteiger partial charge in [-0.3, -0.25) is 4.79 Å². The van der Waals surface area contributed by atoms with E-state index in [4.69, 9.17) is 18.9 Å². The van der Waals surface area contributed by atoms with Crippen LogP contribution in [0.5, 0.6) is 23.0 Å². The molecule has 6 heteroatoms. The SMILES string of the molecule is COc1cc(CNC(=O)COc2cc(C)cc(C)c2C)cc(OC)c1OC. The van der Waals surface area contributed by atoms with Gasteiger partial charge in [-0.05, 0) is 61.2 Å². The molecular weight excluding hydrogens is 346 g/mol. The Kier molecular flexibility index (Phi) is 6.93. The maximum absolute atomic E-state index is 12.2. The molecule has 1 amide bonds. The summed E-state index contributed by atoms with van der Waals surface area (Å²) in [5.74, 6) is 2.13. The van der Waals surface area contributed by atoms with E-state index < -0.39 is 0 Å². The summed E-state index contributed by atoms with van der Waals surface area (Å²) in [6.45, 7) is 6.29. The quantitative estimate of drug-likeness (QED) is 0.769. The lowest BCUT2D eigenvalue weighted by Gasteiger charge is -2.15. The Labute approximate surface area is 160 Å². The van der Waals surface area contributed by atoms with Gasteiger partial charge in [0.2, 0.25) is 5.75 Å². The average molecular weight is 373 g/mol. The number of nitrogens with one attached hydrogen (secondary N) is 1. The average Bonchev–Trinajstić information content (AvgIpc) is 2.66. The van der Waals surface area contributed by atoms with Crippen LogP contribution in [0.25, 0.3) is 0 Å². The van der Waals surface area contributed by atoms with Gasteiger partial charge in [0, 0.05) is 6.54 Å². The highest BCUT2D eigenvalue weighted by atomic mass is 16.5. The number of carbonyl (C=O) groups is 1. The van der Waals surface area contributed by atoms with Gasteiger partial charge in [0.1, 0.15) is 5.75 Å². The molecule has 0 radical (unpaired) electrons. The van der Waals surface area contributed by atoms with E-state index in [1.54, 1.807) is 33.5 Å². The van der Waals surface area contributed by atoms with Gasteiger partial charge in [0.25, 0.3) is 5.91 Å². The fraction of sp³-hybridized carbons (Fsp3) is 0.381. The molecule has 0 unspecified atom stereocenters. The molecule has 2 aromatic carbocycles. The van der Waals surface area contributed by atoms with E-state index in [1.165, 1.54) is 0 Å². The number of hydrogen-bond donors (Lipinski definition) is 1. The van der Waals surface area contributed by atoms with Crippen LogP contribution in [0.15, 0.2) is 24.3 Å². The van der Waals surface area contributed by atoms with E-state index in [-0.39, 0.29) is 12.5 Å². The second-order valence-electron chi connectivity index (χ2n) is 6.30. The zero-order valence-corrected chi connectivity index (χ0v) is 16.8. The predicted molar refractivity (Wildman–Crippen MR) is 104 cm³/mol. The largest absolute Gasteiger partial charge is 0.493 e. The molecule has 6 nitrogen and oxygen atoms in total. The van der Waals surface area contributed by atoms with Crippen molar-refractivity contribution in [3.05, 3.63) is 46.5 Å². The topological polar surface area (TPSA) is 66.0 Å². The molecule has 146 valence electrons.